The first-order chi connectivity index (χ1) is 11.6. The van der Waals surface area contributed by atoms with Crippen LogP contribution < -0.4 is 10.6 Å². The summed E-state index contributed by atoms with van der Waals surface area (Å²) in [4.78, 5) is 24.7. The number of carbonyl (C=O) groups excluding carboxylic acids is 2. The highest BCUT2D eigenvalue weighted by Crippen LogP contribution is 2.18. The molecule has 0 aliphatic heterocycles. The maximum absolute atomic E-state index is 12.5. The Morgan fingerprint density at radius 3 is 2.29 bits per heavy atom. The Kier molecular flexibility index (Phi) is 4.38. The van der Waals surface area contributed by atoms with E-state index in [4.69, 9.17) is 0 Å². The standard InChI is InChI=1S/C18H16N4O2/c1-22-12-11-16(21-22)20-18(24)14-9-5-6-10-15(14)19-17(23)13-7-3-2-4-8-13/h2-12H,1H3,(H,19,23)(H,20,21,24). The molecule has 0 aliphatic rings. The predicted molar refractivity (Wildman–Crippen MR) is 92.0 cm³/mol. The molecular weight excluding hydrogens is 304 g/mol. The average Bonchev–Trinajstić information content (AvgIpc) is 3.01. The van der Waals surface area contributed by atoms with Gasteiger partial charge in [0, 0.05) is 24.9 Å². The lowest BCUT2D eigenvalue weighted by atomic mass is 10.1. The molecule has 3 aromatic rings. The average molecular weight is 320 g/mol. The zero-order chi connectivity index (χ0) is 16.9. The van der Waals surface area contributed by atoms with Crippen molar-refractivity contribution in [1.82, 2.24) is 9.78 Å². The minimum Gasteiger partial charge on any atom is -0.321 e. The summed E-state index contributed by atoms with van der Waals surface area (Å²) in [6.45, 7) is 0. The molecule has 0 atom stereocenters. The number of rotatable bonds is 4. The van der Waals surface area contributed by atoms with Crippen LogP contribution in [0, 0.1) is 0 Å². The van der Waals surface area contributed by atoms with Gasteiger partial charge >= 0.3 is 0 Å². The fraction of sp³-hybridized carbons (Fsp3) is 0.0556. The largest absolute Gasteiger partial charge is 0.321 e. The molecule has 120 valence electrons. The molecule has 6 heteroatoms. The van der Waals surface area contributed by atoms with E-state index in [9.17, 15) is 9.59 Å². The molecule has 0 radical (unpaired) electrons. The van der Waals surface area contributed by atoms with Crippen LogP contribution in [0.5, 0.6) is 0 Å². The molecule has 0 saturated carbocycles. The van der Waals surface area contributed by atoms with Crippen LogP contribution in [0.2, 0.25) is 0 Å². The second-order valence-corrected chi connectivity index (χ2v) is 5.19. The van der Waals surface area contributed by atoms with Crippen LogP contribution in [0.4, 0.5) is 11.5 Å². The summed E-state index contributed by atoms with van der Waals surface area (Å²) in [6.07, 6.45) is 1.73. The van der Waals surface area contributed by atoms with Gasteiger partial charge in [0.25, 0.3) is 11.8 Å². The summed E-state index contributed by atoms with van der Waals surface area (Å²) in [5.41, 5.74) is 1.34. The minimum atomic E-state index is -0.335. The first-order valence-electron chi connectivity index (χ1n) is 7.40. The van der Waals surface area contributed by atoms with Crippen LogP contribution in [-0.4, -0.2) is 21.6 Å². The Hall–Kier alpha value is -3.41. The van der Waals surface area contributed by atoms with Gasteiger partial charge < -0.3 is 10.6 Å². The monoisotopic (exact) mass is 320 g/mol. The second kappa shape index (κ2) is 6.78. The van der Waals surface area contributed by atoms with Crippen LogP contribution in [0.25, 0.3) is 0 Å². The fourth-order valence-corrected chi connectivity index (χ4v) is 2.24. The summed E-state index contributed by atoms with van der Waals surface area (Å²) >= 11 is 0. The molecule has 24 heavy (non-hydrogen) atoms. The molecule has 0 aliphatic carbocycles. The van der Waals surface area contributed by atoms with Crippen LogP contribution in [-0.2, 0) is 7.05 Å². The quantitative estimate of drug-likeness (QED) is 0.776. The van der Waals surface area contributed by atoms with Gasteiger partial charge in [0.1, 0.15) is 0 Å². The molecule has 0 fully saturated rings. The van der Waals surface area contributed by atoms with E-state index in [1.54, 1.807) is 72.5 Å². The Morgan fingerprint density at radius 2 is 1.58 bits per heavy atom. The van der Waals surface area contributed by atoms with E-state index in [1.165, 1.54) is 0 Å². The first-order valence-corrected chi connectivity index (χ1v) is 7.40. The Labute approximate surface area is 139 Å². The van der Waals surface area contributed by atoms with Crippen molar-refractivity contribution in [3.8, 4) is 0 Å². The van der Waals surface area contributed by atoms with Crippen LogP contribution in [0.3, 0.4) is 0 Å². The predicted octanol–water partition coefficient (Wildman–Crippen LogP) is 2.92. The van der Waals surface area contributed by atoms with Gasteiger partial charge in [-0.3, -0.25) is 14.3 Å². The van der Waals surface area contributed by atoms with Gasteiger partial charge in [-0.25, -0.2) is 0 Å². The van der Waals surface area contributed by atoms with Gasteiger partial charge in [0.2, 0.25) is 0 Å². The van der Waals surface area contributed by atoms with E-state index in [0.717, 1.165) is 0 Å². The summed E-state index contributed by atoms with van der Waals surface area (Å²) in [5.74, 6) is -0.155. The molecule has 0 unspecified atom stereocenters. The van der Waals surface area contributed by atoms with Gasteiger partial charge in [-0.1, -0.05) is 30.3 Å². The fourth-order valence-electron chi connectivity index (χ4n) is 2.24. The number of nitrogens with zero attached hydrogens (tertiary/aromatic N) is 2. The highest BCUT2D eigenvalue weighted by molar-refractivity contribution is 6.12. The van der Waals surface area contributed by atoms with Gasteiger partial charge in [-0.2, -0.15) is 5.10 Å². The summed E-state index contributed by atoms with van der Waals surface area (Å²) in [5, 5.41) is 9.60. The number of carbonyl (C=O) groups is 2. The summed E-state index contributed by atoms with van der Waals surface area (Å²) in [7, 11) is 1.77. The van der Waals surface area contributed by atoms with Crippen LogP contribution >= 0.6 is 0 Å². The van der Waals surface area contributed by atoms with Crippen molar-refractivity contribution in [3.05, 3.63) is 78.0 Å². The molecule has 6 nitrogen and oxygen atoms in total. The second-order valence-electron chi connectivity index (χ2n) is 5.19. The zero-order valence-electron chi connectivity index (χ0n) is 13.1. The third-order valence-corrected chi connectivity index (χ3v) is 3.41. The maximum atomic E-state index is 12.5. The van der Waals surface area contributed by atoms with Gasteiger partial charge in [0.15, 0.2) is 5.82 Å². The van der Waals surface area contributed by atoms with E-state index >= 15 is 0 Å². The number of anilines is 2. The number of para-hydroxylation sites is 1. The lowest BCUT2D eigenvalue weighted by molar-refractivity contribution is 0.102. The van der Waals surface area contributed by atoms with Crippen molar-refractivity contribution in [2.24, 2.45) is 7.05 Å². The topological polar surface area (TPSA) is 76.0 Å². The number of nitrogens with one attached hydrogen (secondary N) is 2. The van der Waals surface area contributed by atoms with E-state index in [0.29, 0.717) is 22.6 Å². The van der Waals surface area contributed by atoms with Gasteiger partial charge in [-0.05, 0) is 24.3 Å². The van der Waals surface area contributed by atoms with Crippen molar-refractivity contribution >= 4 is 23.3 Å². The normalized spacial score (nSPS) is 10.2. The van der Waals surface area contributed by atoms with E-state index in [1.807, 2.05) is 6.07 Å². The molecule has 2 aromatic carbocycles. The molecule has 0 spiro atoms. The number of amides is 2. The van der Waals surface area contributed by atoms with E-state index in [-0.39, 0.29) is 11.8 Å². The molecular formula is C18H16N4O2. The molecule has 0 bridgehead atoms. The zero-order valence-corrected chi connectivity index (χ0v) is 13.1. The molecule has 2 N–H and O–H groups in total. The lowest BCUT2D eigenvalue weighted by Gasteiger charge is -2.10. The van der Waals surface area contributed by atoms with Crippen molar-refractivity contribution in [1.29, 1.82) is 0 Å². The van der Waals surface area contributed by atoms with E-state index < -0.39 is 0 Å². The van der Waals surface area contributed by atoms with Gasteiger partial charge in [0.05, 0.1) is 11.3 Å². The van der Waals surface area contributed by atoms with Crippen LogP contribution in [0.1, 0.15) is 20.7 Å². The number of hydrogen-bond donors (Lipinski definition) is 2. The van der Waals surface area contributed by atoms with Crippen molar-refractivity contribution in [3.63, 3.8) is 0 Å². The number of benzene rings is 2. The number of hydrogen-bond acceptors (Lipinski definition) is 3. The highest BCUT2D eigenvalue weighted by atomic mass is 16.2. The molecule has 1 aromatic heterocycles. The summed E-state index contributed by atoms with van der Waals surface area (Å²) < 4.78 is 1.60. The lowest BCUT2D eigenvalue weighted by Crippen LogP contribution is -2.18. The Balaban J connectivity index is 1.80. The van der Waals surface area contributed by atoms with E-state index in [2.05, 4.69) is 15.7 Å². The Morgan fingerprint density at radius 1 is 0.875 bits per heavy atom. The highest BCUT2D eigenvalue weighted by Gasteiger charge is 2.14. The van der Waals surface area contributed by atoms with Crippen molar-refractivity contribution < 1.29 is 9.59 Å². The molecule has 2 amide bonds. The third-order valence-electron chi connectivity index (χ3n) is 3.41. The van der Waals surface area contributed by atoms with Crippen molar-refractivity contribution in [2.45, 2.75) is 0 Å². The minimum absolute atomic E-state index is 0.270. The van der Waals surface area contributed by atoms with Gasteiger partial charge in [-0.15, -0.1) is 0 Å². The third kappa shape index (κ3) is 3.49. The van der Waals surface area contributed by atoms with Crippen molar-refractivity contribution in [2.75, 3.05) is 10.6 Å². The number of aryl methyl sites for hydroxylation is 1. The smallest absolute Gasteiger partial charge is 0.258 e. The molecule has 3 rings (SSSR count). The maximum Gasteiger partial charge on any atom is 0.258 e. The summed E-state index contributed by atoms with van der Waals surface area (Å²) in [6, 6.07) is 17.4. The van der Waals surface area contributed by atoms with Crippen LogP contribution in [0.15, 0.2) is 66.9 Å². The number of aromatic nitrogens is 2. The first kappa shape index (κ1) is 15.5. The SMILES string of the molecule is Cn1ccc(NC(=O)c2ccccc2NC(=O)c2ccccc2)n1. The molecule has 0 saturated heterocycles. The molecule has 1 heterocycles. The Bertz CT molecular complexity index is 871.